The zero-order chi connectivity index (χ0) is 17.1. The molecule has 0 bridgehead atoms. The highest BCUT2D eigenvalue weighted by molar-refractivity contribution is 6.07. The maximum absolute atomic E-state index is 5.89. The van der Waals surface area contributed by atoms with E-state index in [4.69, 9.17) is 11.2 Å². The van der Waals surface area contributed by atoms with Crippen LogP contribution in [-0.2, 0) is 17.9 Å². The number of terminal acetylenes is 1. The van der Waals surface area contributed by atoms with Crippen molar-refractivity contribution in [2.24, 2.45) is 0 Å². The van der Waals surface area contributed by atoms with Gasteiger partial charge in [-0.25, -0.2) is 0 Å². The molecule has 0 saturated carbocycles. The summed E-state index contributed by atoms with van der Waals surface area (Å²) >= 11 is 0. The van der Waals surface area contributed by atoms with Gasteiger partial charge in [0, 0.05) is 33.9 Å². The molecule has 0 unspecified atom stereocenters. The van der Waals surface area contributed by atoms with E-state index in [2.05, 4.69) is 59.0 Å². The molecule has 0 radical (unpaired) electrons. The van der Waals surface area contributed by atoms with E-state index in [1.54, 1.807) is 0 Å². The number of benzene rings is 3. The first kappa shape index (κ1) is 15.5. The Labute approximate surface area is 147 Å². The number of nitrogens with zero attached hydrogens (tertiary/aromatic N) is 1. The Morgan fingerprint density at radius 2 is 1.40 bits per heavy atom. The van der Waals surface area contributed by atoms with Crippen LogP contribution in [0.25, 0.3) is 21.8 Å². The van der Waals surface area contributed by atoms with Gasteiger partial charge in [0.2, 0.25) is 0 Å². The number of hydrogen-bond acceptors (Lipinski definition) is 1. The average Bonchev–Trinajstić information content (AvgIpc) is 3.00. The van der Waals surface area contributed by atoms with Gasteiger partial charge in [-0.1, -0.05) is 54.5 Å². The van der Waals surface area contributed by atoms with Gasteiger partial charge in [-0.2, -0.15) is 0 Å². The molecule has 1 aromatic heterocycles. The number of rotatable bonds is 5. The van der Waals surface area contributed by atoms with Crippen molar-refractivity contribution < 1.29 is 4.74 Å². The lowest BCUT2D eigenvalue weighted by molar-refractivity contribution is 0.114. The summed E-state index contributed by atoms with van der Waals surface area (Å²) in [6.45, 7) is 2.10. The molecule has 0 amide bonds. The van der Waals surface area contributed by atoms with Crippen molar-refractivity contribution >= 4 is 21.8 Å². The first-order chi connectivity index (χ1) is 12.4. The average molecular weight is 325 g/mol. The highest BCUT2D eigenvalue weighted by atomic mass is 16.5. The van der Waals surface area contributed by atoms with E-state index >= 15 is 0 Å². The molecule has 0 atom stereocenters. The van der Waals surface area contributed by atoms with Crippen LogP contribution in [0.2, 0.25) is 0 Å². The van der Waals surface area contributed by atoms with Crippen molar-refractivity contribution in [3.05, 3.63) is 83.9 Å². The summed E-state index contributed by atoms with van der Waals surface area (Å²) in [6, 6.07) is 25.0. The Bertz CT molecular complexity index is 998. The molecule has 4 rings (SSSR count). The largest absolute Gasteiger partial charge is 0.375 e. The van der Waals surface area contributed by atoms with Crippen LogP contribution < -0.4 is 0 Å². The van der Waals surface area contributed by atoms with Gasteiger partial charge in [0.1, 0.15) is 0 Å². The Morgan fingerprint density at radius 3 is 2.00 bits per heavy atom. The summed E-state index contributed by atoms with van der Waals surface area (Å²) in [7, 11) is 0. The zero-order valence-electron chi connectivity index (χ0n) is 14.0. The zero-order valence-corrected chi connectivity index (χ0v) is 14.0. The maximum atomic E-state index is 5.89. The van der Waals surface area contributed by atoms with Crippen molar-refractivity contribution in [1.82, 2.24) is 4.57 Å². The lowest BCUT2D eigenvalue weighted by Crippen LogP contribution is -2.05. The van der Waals surface area contributed by atoms with Crippen LogP contribution in [0.15, 0.2) is 72.8 Å². The fraction of sp³-hybridized carbons (Fsp3) is 0.130. The minimum Gasteiger partial charge on any atom is -0.375 e. The van der Waals surface area contributed by atoms with Crippen molar-refractivity contribution in [3.63, 3.8) is 0 Å². The van der Waals surface area contributed by atoms with Crippen LogP contribution in [0.3, 0.4) is 0 Å². The highest BCUT2D eigenvalue weighted by Gasteiger charge is 2.09. The third-order valence-electron chi connectivity index (χ3n) is 4.53. The molecule has 25 heavy (non-hydrogen) atoms. The normalized spacial score (nSPS) is 11.0. The van der Waals surface area contributed by atoms with Crippen LogP contribution in [0.5, 0.6) is 0 Å². The van der Waals surface area contributed by atoms with E-state index in [9.17, 15) is 0 Å². The van der Waals surface area contributed by atoms with Crippen molar-refractivity contribution in [1.29, 1.82) is 0 Å². The van der Waals surface area contributed by atoms with Gasteiger partial charge in [0.15, 0.2) is 0 Å². The second-order valence-electron chi connectivity index (χ2n) is 6.08. The van der Waals surface area contributed by atoms with Gasteiger partial charge in [-0.05, 0) is 29.8 Å². The van der Waals surface area contributed by atoms with E-state index in [1.807, 2.05) is 24.3 Å². The highest BCUT2D eigenvalue weighted by Crippen LogP contribution is 2.28. The standard InChI is InChI=1S/C23H19NO/c1-2-18-11-13-19(14-12-18)17-25-16-15-24-22-9-5-3-7-20(22)21-8-4-6-10-23(21)24/h1,3-14H,15-17H2. The molecule has 3 aromatic carbocycles. The first-order valence-electron chi connectivity index (χ1n) is 8.46. The number of fused-ring (bicyclic) bond motifs is 3. The Balaban J connectivity index is 1.49. The van der Waals surface area contributed by atoms with Crippen LogP contribution in [-0.4, -0.2) is 11.2 Å². The summed E-state index contributed by atoms with van der Waals surface area (Å²) in [5, 5.41) is 2.59. The Hall–Kier alpha value is -3.02. The number of ether oxygens (including phenoxy) is 1. The topological polar surface area (TPSA) is 14.2 Å². The van der Waals surface area contributed by atoms with Gasteiger partial charge >= 0.3 is 0 Å². The number of para-hydroxylation sites is 2. The van der Waals surface area contributed by atoms with Crippen LogP contribution in [0.4, 0.5) is 0 Å². The predicted molar refractivity (Wildman–Crippen MR) is 103 cm³/mol. The van der Waals surface area contributed by atoms with Crippen molar-refractivity contribution in [2.45, 2.75) is 13.2 Å². The summed E-state index contributed by atoms with van der Waals surface area (Å²) in [5.74, 6) is 2.63. The predicted octanol–water partition coefficient (Wildman–Crippen LogP) is 4.99. The molecule has 0 saturated heterocycles. The molecule has 2 heteroatoms. The van der Waals surface area contributed by atoms with E-state index < -0.39 is 0 Å². The minimum absolute atomic E-state index is 0.599. The van der Waals surface area contributed by atoms with Gasteiger partial charge in [-0.15, -0.1) is 6.42 Å². The monoisotopic (exact) mass is 325 g/mol. The number of hydrogen-bond donors (Lipinski definition) is 0. The summed E-state index contributed by atoms with van der Waals surface area (Å²) in [6.07, 6.45) is 5.38. The fourth-order valence-corrected chi connectivity index (χ4v) is 3.29. The van der Waals surface area contributed by atoms with Gasteiger partial charge in [0.05, 0.1) is 13.2 Å². The summed E-state index contributed by atoms with van der Waals surface area (Å²) < 4.78 is 8.23. The molecule has 0 N–H and O–H groups in total. The lowest BCUT2D eigenvalue weighted by atomic mass is 10.1. The smallest absolute Gasteiger partial charge is 0.0717 e. The van der Waals surface area contributed by atoms with E-state index in [0.29, 0.717) is 13.2 Å². The minimum atomic E-state index is 0.599. The molecule has 1 heterocycles. The summed E-state index contributed by atoms with van der Waals surface area (Å²) in [5.41, 5.74) is 4.55. The molecule has 2 nitrogen and oxygen atoms in total. The molecule has 122 valence electrons. The first-order valence-corrected chi connectivity index (χ1v) is 8.46. The molecular formula is C23H19NO. The maximum Gasteiger partial charge on any atom is 0.0717 e. The van der Waals surface area contributed by atoms with Crippen LogP contribution in [0, 0.1) is 12.3 Å². The second kappa shape index (κ2) is 6.84. The number of aromatic nitrogens is 1. The molecule has 0 aliphatic rings. The quantitative estimate of drug-likeness (QED) is 0.372. The third kappa shape index (κ3) is 3.03. The molecular weight excluding hydrogens is 306 g/mol. The molecule has 4 aromatic rings. The van der Waals surface area contributed by atoms with E-state index in [0.717, 1.165) is 17.7 Å². The van der Waals surface area contributed by atoms with Gasteiger partial charge in [-0.3, -0.25) is 0 Å². The van der Waals surface area contributed by atoms with E-state index in [-0.39, 0.29) is 0 Å². The van der Waals surface area contributed by atoms with Crippen LogP contribution in [0.1, 0.15) is 11.1 Å². The van der Waals surface area contributed by atoms with Gasteiger partial charge < -0.3 is 9.30 Å². The lowest BCUT2D eigenvalue weighted by Gasteiger charge is -2.09. The third-order valence-corrected chi connectivity index (χ3v) is 4.53. The SMILES string of the molecule is C#Cc1ccc(COCCn2c3ccccc3c3ccccc32)cc1. The molecule has 0 spiro atoms. The second-order valence-corrected chi connectivity index (χ2v) is 6.08. The van der Waals surface area contributed by atoms with E-state index in [1.165, 1.54) is 21.8 Å². The Morgan fingerprint density at radius 1 is 0.800 bits per heavy atom. The van der Waals surface area contributed by atoms with Gasteiger partial charge in [0.25, 0.3) is 0 Å². The van der Waals surface area contributed by atoms with Crippen molar-refractivity contribution in [2.75, 3.05) is 6.61 Å². The molecule has 0 fully saturated rings. The fourth-order valence-electron chi connectivity index (χ4n) is 3.29. The van der Waals surface area contributed by atoms with Crippen LogP contribution >= 0.6 is 0 Å². The molecule has 0 aliphatic heterocycles. The molecule has 0 aliphatic carbocycles. The Kier molecular flexibility index (Phi) is 4.24. The van der Waals surface area contributed by atoms with Crippen molar-refractivity contribution in [3.8, 4) is 12.3 Å². The summed E-state index contributed by atoms with van der Waals surface area (Å²) in [4.78, 5) is 0.